The molecule has 1 amide bonds. The number of anilines is 4. The fraction of sp³-hybridized carbons (Fsp3) is 0.355. The predicted octanol–water partition coefficient (Wildman–Crippen LogP) is 4.20. The van der Waals surface area contributed by atoms with Gasteiger partial charge < -0.3 is 25.2 Å². The molecule has 0 aliphatic carbocycles. The third kappa shape index (κ3) is 5.35. The van der Waals surface area contributed by atoms with Gasteiger partial charge in [-0.25, -0.2) is 4.98 Å². The Balaban J connectivity index is 1.32. The molecule has 0 saturated carbocycles. The SMILES string of the molecule is CCOc1cc2cnc(Nc3ccc(NC4CCN(C)CC4)cc3)nc2n(C2Cc3ccccc3N(C)C2=O)c1=O. The first-order chi connectivity index (χ1) is 19.9. The van der Waals surface area contributed by atoms with E-state index >= 15 is 0 Å². The summed E-state index contributed by atoms with van der Waals surface area (Å²) in [5.41, 5.74) is 3.71. The van der Waals surface area contributed by atoms with Crippen LogP contribution in [0.15, 0.2) is 65.6 Å². The number of carbonyl (C=O) groups excluding carboxylic acids is 1. The standard InChI is InChI=1S/C31H35N7O3/c1-4-41-27-18-21-19-32-31(34-23-11-9-22(10-12-23)33-24-13-15-36(2)16-14-24)35-28(21)38(30(27)40)26-17-20-7-5-6-8-25(20)37(3)29(26)39/h5-12,18-19,24,26,33H,4,13-17H2,1-3H3,(H,32,34,35). The van der Waals surface area contributed by atoms with E-state index < -0.39 is 6.04 Å². The normalized spacial score (nSPS) is 17.9. The zero-order valence-electron chi connectivity index (χ0n) is 23.6. The number of aromatic nitrogens is 3. The lowest BCUT2D eigenvalue weighted by atomic mass is 9.97. The molecule has 1 saturated heterocycles. The summed E-state index contributed by atoms with van der Waals surface area (Å²) in [5.74, 6) is 0.329. The van der Waals surface area contributed by atoms with Crippen molar-refractivity contribution in [3.05, 3.63) is 76.7 Å². The van der Waals surface area contributed by atoms with Gasteiger partial charge in [-0.2, -0.15) is 4.98 Å². The molecule has 10 nitrogen and oxygen atoms in total. The number of rotatable bonds is 7. The highest BCUT2D eigenvalue weighted by molar-refractivity contribution is 5.99. The van der Waals surface area contributed by atoms with Gasteiger partial charge in [0.05, 0.1) is 6.61 Å². The van der Waals surface area contributed by atoms with Crippen LogP contribution >= 0.6 is 0 Å². The predicted molar refractivity (Wildman–Crippen MR) is 161 cm³/mol. The maximum absolute atomic E-state index is 13.7. The molecule has 2 aliphatic heterocycles. The molecule has 6 rings (SSSR count). The number of fused-ring (bicyclic) bond motifs is 2. The lowest BCUT2D eigenvalue weighted by Crippen LogP contribution is -2.43. The van der Waals surface area contributed by atoms with Crippen LogP contribution in [0.25, 0.3) is 11.0 Å². The first-order valence-electron chi connectivity index (χ1n) is 14.1. The van der Waals surface area contributed by atoms with E-state index in [0.717, 1.165) is 48.6 Å². The van der Waals surface area contributed by atoms with Crippen molar-refractivity contribution in [3.63, 3.8) is 0 Å². The Bertz CT molecular complexity index is 1630. The number of hydrogen-bond acceptors (Lipinski definition) is 8. The Labute approximate surface area is 239 Å². The zero-order chi connectivity index (χ0) is 28.5. The van der Waals surface area contributed by atoms with Crippen LogP contribution in [0, 0.1) is 0 Å². The van der Waals surface area contributed by atoms with Crippen molar-refractivity contribution in [3.8, 4) is 5.75 Å². The van der Waals surface area contributed by atoms with Gasteiger partial charge in [-0.05, 0) is 81.9 Å². The van der Waals surface area contributed by atoms with Crippen LogP contribution in [0.5, 0.6) is 5.75 Å². The molecule has 2 aromatic heterocycles. The highest BCUT2D eigenvalue weighted by Crippen LogP contribution is 2.33. The molecule has 212 valence electrons. The summed E-state index contributed by atoms with van der Waals surface area (Å²) in [6, 6.07) is 17.1. The molecule has 1 unspecified atom stereocenters. The van der Waals surface area contributed by atoms with E-state index in [9.17, 15) is 9.59 Å². The Morgan fingerprint density at radius 1 is 1.00 bits per heavy atom. The lowest BCUT2D eigenvalue weighted by Gasteiger charge is -2.33. The molecule has 10 heteroatoms. The maximum Gasteiger partial charge on any atom is 0.295 e. The van der Waals surface area contributed by atoms with Crippen molar-refractivity contribution < 1.29 is 9.53 Å². The maximum atomic E-state index is 13.7. The van der Waals surface area contributed by atoms with Crippen LogP contribution in [-0.4, -0.2) is 65.2 Å². The smallest absolute Gasteiger partial charge is 0.295 e. The van der Waals surface area contributed by atoms with E-state index in [4.69, 9.17) is 9.72 Å². The van der Waals surface area contributed by atoms with Crippen LogP contribution in [0.2, 0.25) is 0 Å². The third-order valence-corrected chi connectivity index (χ3v) is 7.96. The molecular formula is C31H35N7O3. The number of likely N-dealkylation sites (tertiary alicyclic amines) is 1. The molecule has 4 aromatic rings. The topological polar surface area (TPSA) is 105 Å². The van der Waals surface area contributed by atoms with Crippen LogP contribution < -0.4 is 25.8 Å². The first-order valence-corrected chi connectivity index (χ1v) is 14.1. The fourth-order valence-corrected chi connectivity index (χ4v) is 5.72. The number of benzene rings is 2. The van der Waals surface area contributed by atoms with E-state index in [1.165, 1.54) is 4.57 Å². The summed E-state index contributed by atoms with van der Waals surface area (Å²) >= 11 is 0. The van der Waals surface area contributed by atoms with Gasteiger partial charge in [0, 0.05) is 48.2 Å². The van der Waals surface area contributed by atoms with E-state index in [-0.39, 0.29) is 17.2 Å². The number of hydrogen-bond donors (Lipinski definition) is 2. The Hall–Kier alpha value is -4.44. The minimum Gasteiger partial charge on any atom is -0.488 e. The zero-order valence-corrected chi connectivity index (χ0v) is 23.6. The number of piperidine rings is 1. The summed E-state index contributed by atoms with van der Waals surface area (Å²) in [7, 11) is 3.90. The van der Waals surface area contributed by atoms with Gasteiger partial charge in [-0.1, -0.05) is 18.2 Å². The van der Waals surface area contributed by atoms with Gasteiger partial charge in [0.1, 0.15) is 11.7 Å². The quantitative estimate of drug-likeness (QED) is 0.351. The van der Waals surface area contributed by atoms with Crippen molar-refractivity contribution in [2.75, 3.05) is 49.3 Å². The number of nitrogens with zero attached hydrogens (tertiary/aromatic N) is 5. The number of carbonyl (C=O) groups is 1. The fourth-order valence-electron chi connectivity index (χ4n) is 5.72. The van der Waals surface area contributed by atoms with Gasteiger partial charge in [0.25, 0.3) is 5.56 Å². The highest BCUT2D eigenvalue weighted by Gasteiger charge is 2.34. The number of pyridine rings is 1. The number of amides is 1. The minimum absolute atomic E-state index is 0.173. The molecule has 1 fully saturated rings. The molecule has 2 aromatic carbocycles. The van der Waals surface area contributed by atoms with Gasteiger partial charge in [0.2, 0.25) is 11.9 Å². The molecule has 0 bridgehead atoms. The second-order valence-corrected chi connectivity index (χ2v) is 10.8. The first kappa shape index (κ1) is 26.8. The van der Waals surface area contributed by atoms with Gasteiger partial charge >= 0.3 is 0 Å². The summed E-state index contributed by atoms with van der Waals surface area (Å²) in [5, 5.41) is 7.50. The molecule has 4 heterocycles. The van der Waals surface area contributed by atoms with Crippen molar-refractivity contribution >= 4 is 40.0 Å². The molecule has 0 spiro atoms. The van der Waals surface area contributed by atoms with Crippen molar-refractivity contribution in [2.24, 2.45) is 0 Å². The largest absolute Gasteiger partial charge is 0.488 e. The van der Waals surface area contributed by atoms with Crippen LogP contribution in [0.1, 0.15) is 31.4 Å². The molecule has 41 heavy (non-hydrogen) atoms. The van der Waals surface area contributed by atoms with Crippen LogP contribution in [0.3, 0.4) is 0 Å². The van der Waals surface area contributed by atoms with E-state index in [1.807, 2.05) is 55.5 Å². The Kier molecular flexibility index (Phi) is 7.32. The number of ether oxygens (including phenoxy) is 1. The van der Waals surface area contributed by atoms with Crippen molar-refractivity contribution in [1.29, 1.82) is 0 Å². The lowest BCUT2D eigenvalue weighted by molar-refractivity contribution is -0.121. The molecular weight excluding hydrogens is 518 g/mol. The number of nitrogens with one attached hydrogen (secondary N) is 2. The summed E-state index contributed by atoms with van der Waals surface area (Å²) in [4.78, 5) is 40.5. The van der Waals surface area contributed by atoms with Crippen LogP contribution in [-0.2, 0) is 11.2 Å². The summed E-state index contributed by atoms with van der Waals surface area (Å²) in [6.07, 6.45) is 4.28. The Morgan fingerprint density at radius 3 is 2.49 bits per heavy atom. The molecule has 2 N–H and O–H groups in total. The Morgan fingerprint density at radius 2 is 1.73 bits per heavy atom. The minimum atomic E-state index is -0.766. The average Bonchev–Trinajstić information content (AvgIpc) is 2.98. The second kappa shape index (κ2) is 11.2. The van der Waals surface area contributed by atoms with Crippen molar-refractivity contribution in [1.82, 2.24) is 19.4 Å². The monoisotopic (exact) mass is 553 g/mol. The van der Waals surface area contributed by atoms with E-state index in [1.54, 1.807) is 24.2 Å². The molecule has 1 atom stereocenters. The average molecular weight is 554 g/mol. The molecule has 0 radical (unpaired) electrons. The van der Waals surface area contributed by atoms with Crippen LogP contribution in [0.4, 0.5) is 23.0 Å². The van der Waals surface area contributed by atoms with Gasteiger partial charge in [-0.3, -0.25) is 14.2 Å². The third-order valence-electron chi connectivity index (χ3n) is 7.96. The number of likely N-dealkylation sites (N-methyl/N-ethyl adjacent to an activating group) is 1. The summed E-state index contributed by atoms with van der Waals surface area (Å²) in [6.45, 7) is 4.35. The van der Waals surface area contributed by atoms with Gasteiger partial charge in [0.15, 0.2) is 5.75 Å². The van der Waals surface area contributed by atoms with Crippen molar-refractivity contribution in [2.45, 2.75) is 38.3 Å². The van der Waals surface area contributed by atoms with E-state index in [2.05, 4.69) is 27.6 Å². The number of para-hydroxylation sites is 1. The molecule has 2 aliphatic rings. The second-order valence-electron chi connectivity index (χ2n) is 10.8. The van der Waals surface area contributed by atoms with Gasteiger partial charge in [-0.15, -0.1) is 0 Å². The highest BCUT2D eigenvalue weighted by atomic mass is 16.5. The summed E-state index contributed by atoms with van der Waals surface area (Å²) < 4.78 is 7.14. The van der Waals surface area contributed by atoms with E-state index in [0.29, 0.717) is 36.1 Å².